The first kappa shape index (κ1) is 17.0. The van der Waals surface area contributed by atoms with E-state index in [-0.39, 0.29) is 11.6 Å². The molecule has 0 atom stereocenters. The van der Waals surface area contributed by atoms with Crippen LogP contribution in [-0.2, 0) is 6.42 Å². The molecule has 26 heavy (non-hydrogen) atoms. The average Bonchev–Trinajstić information content (AvgIpc) is 2.69. The van der Waals surface area contributed by atoms with Crippen LogP contribution in [-0.4, -0.2) is 34.8 Å². The zero-order chi connectivity index (χ0) is 18.1. The van der Waals surface area contributed by atoms with Gasteiger partial charge in [0.15, 0.2) is 0 Å². The summed E-state index contributed by atoms with van der Waals surface area (Å²) in [5.41, 5.74) is 3.12. The van der Waals surface area contributed by atoms with Gasteiger partial charge >= 0.3 is 0 Å². The minimum atomic E-state index is 0.0206. The van der Waals surface area contributed by atoms with Gasteiger partial charge < -0.3 is 4.90 Å². The molecule has 1 aliphatic heterocycles. The normalized spacial score (nSPS) is 16.2. The minimum Gasteiger partial charge on any atom is -0.306 e. The number of aromatic nitrogens is 2. The Bertz CT molecular complexity index is 984. The summed E-state index contributed by atoms with van der Waals surface area (Å²) in [6, 6.07) is 16.3. The molecular weight excluding hydrogens is 322 g/mol. The lowest BCUT2D eigenvalue weighted by atomic mass is 10.0. The summed E-state index contributed by atoms with van der Waals surface area (Å²) in [6.07, 6.45) is 2.65. The van der Waals surface area contributed by atoms with E-state index < -0.39 is 0 Å². The molecule has 0 amide bonds. The predicted octanol–water partition coefficient (Wildman–Crippen LogP) is 3.71. The molecule has 1 fully saturated rings. The van der Waals surface area contributed by atoms with E-state index in [1.165, 1.54) is 5.56 Å². The van der Waals surface area contributed by atoms with E-state index in [9.17, 15) is 4.79 Å². The molecule has 0 unspecified atom stereocenters. The lowest BCUT2D eigenvalue weighted by Crippen LogP contribution is -2.36. The third-order valence-electron chi connectivity index (χ3n) is 5.35. The monoisotopic (exact) mass is 346 g/mol. The Balaban J connectivity index is 1.91. The molecule has 0 spiro atoms. The summed E-state index contributed by atoms with van der Waals surface area (Å²) >= 11 is 0. The molecular formula is C22H24N3O. The first-order chi connectivity index (χ1) is 12.7. The van der Waals surface area contributed by atoms with Crippen LogP contribution in [0.5, 0.6) is 0 Å². The third kappa shape index (κ3) is 3.06. The van der Waals surface area contributed by atoms with Crippen molar-refractivity contribution in [2.75, 3.05) is 20.1 Å². The quantitative estimate of drug-likeness (QED) is 0.726. The Morgan fingerprint density at radius 1 is 1.08 bits per heavy atom. The molecule has 0 saturated carbocycles. The molecule has 133 valence electrons. The Hall–Kier alpha value is -2.46. The molecule has 0 bridgehead atoms. The van der Waals surface area contributed by atoms with Crippen molar-refractivity contribution in [3.63, 3.8) is 0 Å². The van der Waals surface area contributed by atoms with Gasteiger partial charge in [-0.15, -0.1) is 0 Å². The lowest BCUT2D eigenvalue weighted by molar-refractivity contribution is 0.209. The largest absolute Gasteiger partial charge is 0.306 e. The van der Waals surface area contributed by atoms with Crippen LogP contribution in [0.4, 0.5) is 0 Å². The van der Waals surface area contributed by atoms with Crippen LogP contribution in [0, 0.1) is 6.92 Å². The number of benzene rings is 2. The highest BCUT2D eigenvalue weighted by molar-refractivity contribution is 5.93. The van der Waals surface area contributed by atoms with Crippen LogP contribution < -0.4 is 5.56 Å². The molecule has 1 saturated heterocycles. The van der Waals surface area contributed by atoms with E-state index in [0.29, 0.717) is 0 Å². The van der Waals surface area contributed by atoms with Crippen molar-refractivity contribution >= 4 is 10.8 Å². The Morgan fingerprint density at radius 2 is 1.81 bits per heavy atom. The maximum Gasteiger partial charge on any atom is 0.274 e. The number of hydrogen-bond donors (Lipinski definition) is 0. The zero-order valence-electron chi connectivity index (χ0n) is 15.2. The second-order valence-corrected chi connectivity index (χ2v) is 7.13. The van der Waals surface area contributed by atoms with Crippen LogP contribution in [0.15, 0.2) is 53.3 Å². The average molecular weight is 346 g/mol. The molecule has 4 nitrogen and oxygen atoms in total. The van der Waals surface area contributed by atoms with Gasteiger partial charge in [0, 0.05) is 10.9 Å². The fourth-order valence-corrected chi connectivity index (χ4v) is 3.78. The third-order valence-corrected chi connectivity index (χ3v) is 5.35. The second kappa shape index (κ2) is 7.04. The van der Waals surface area contributed by atoms with Crippen molar-refractivity contribution in [1.82, 2.24) is 14.7 Å². The molecule has 2 heterocycles. The number of fused-ring (bicyclic) bond motifs is 1. The molecule has 4 heteroatoms. The van der Waals surface area contributed by atoms with E-state index in [4.69, 9.17) is 5.10 Å². The van der Waals surface area contributed by atoms with E-state index in [2.05, 4.69) is 37.1 Å². The fraction of sp³-hybridized carbons (Fsp3) is 0.318. The highest BCUT2D eigenvalue weighted by Crippen LogP contribution is 2.28. The van der Waals surface area contributed by atoms with Crippen LogP contribution in [0.1, 0.15) is 24.4 Å². The van der Waals surface area contributed by atoms with E-state index in [0.717, 1.165) is 54.4 Å². The molecule has 0 aliphatic carbocycles. The van der Waals surface area contributed by atoms with Crippen molar-refractivity contribution in [1.29, 1.82) is 0 Å². The van der Waals surface area contributed by atoms with E-state index >= 15 is 0 Å². The first-order valence-electron chi connectivity index (χ1n) is 9.26. The summed E-state index contributed by atoms with van der Waals surface area (Å²) in [7, 11) is 2.13. The number of rotatable bonds is 3. The Kier molecular flexibility index (Phi) is 4.60. The molecule has 3 aromatic rings. The molecule has 1 aliphatic rings. The van der Waals surface area contributed by atoms with Gasteiger partial charge in [0.1, 0.15) is 0 Å². The number of hydrogen-bond acceptors (Lipinski definition) is 3. The maximum atomic E-state index is 13.1. The molecule has 2 aromatic carbocycles. The van der Waals surface area contributed by atoms with Crippen molar-refractivity contribution in [3.05, 3.63) is 71.4 Å². The Morgan fingerprint density at radius 3 is 2.54 bits per heavy atom. The number of piperidine rings is 1. The van der Waals surface area contributed by atoms with Crippen molar-refractivity contribution < 1.29 is 0 Å². The van der Waals surface area contributed by atoms with Crippen molar-refractivity contribution in [3.8, 4) is 11.3 Å². The van der Waals surface area contributed by atoms with E-state index in [1.807, 2.05) is 30.3 Å². The van der Waals surface area contributed by atoms with Gasteiger partial charge in [-0.2, -0.15) is 5.10 Å². The highest BCUT2D eigenvalue weighted by Gasteiger charge is 2.22. The van der Waals surface area contributed by atoms with Crippen LogP contribution >= 0.6 is 0 Å². The molecule has 1 radical (unpaired) electrons. The van der Waals surface area contributed by atoms with Gasteiger partial charge in [-0.05, 0) is 64.0 Å². The van der Waals surface area contributed by atoms with Crippen LogP contribution in [0.25, 0.3) is 22.0 Å². The number of likely N-dealkylation sites (tertiary alicyclic amines) is 1. The fourth-order valence-electron chi connectivity index (χ4n) is 3.78. The summed E-state index contributed by atoms with van der Waals surface area (Å²) in [5, 5.41) is 6.53. The van der Waals surface area contributed by atoms with Gasteiger partial charge in [0.2, 0.25) is 0 Å². The topological polar surface area (TPSA) is 38.1 Å². The summed E-state index contributed by atoms with van der Waals surface area (Å²) in [5.74, 6) is 0. The maximum absolute atomic E-state index is 13.1. The highest BCUT2D eigenvalue weighted by atomic mass is 16.1. The number of nitrogens with zero attached hydrogens (tertiary/aromatic N) is 3. The van der Waals surface area contributed by atoms with E-state index in [1.54, 1.807) is 4.68 Å². The standard InChI is InChI=1S/C22H24N3O/c1-3-16-7-6-8-17(15-16)21-19-9-4-5-10-20(19)22(26)25(23-21)18-11-13-24(2)14-12-18/h4-10,15,18H,1,3,11-14H2,2H3. The summed E-state index contributed by atoms with van der Waals surface area (Å²) in [4.78, 5) is 15.4. The molecule has 1 aromatic heterocycles. The van der Waals surface area contributed by atoms with Gasteiger partial charge in [-0.1, -0.05) is 36.4 Å². The zero-order valence-corrected chi connectivity index (χ0v) is 15.2. The van der Waals surface area contributed by atoms with Crippen molar-refractivity contribution in [2.24, 2.45) is 0 Å². The van der Waals surface area contributed by atoms with Gasteiger partial charge in [-0.3, -0.25) is 4.79 Å². The van der Waals surface area contributed by atoms with Gasteiger partial charge in [0.05, 0.1) is 17.1 Å². The predicted molar refractivity (Wildman–Crippen MR) is 106 cm³/mol. The first-order valence-corrected chi connectivity index (χ1v) is 9.26. The summed E-state index contributed by atoms with van der Waals surface area (Å²) in [6.45, 7) is 5.98. The van der Waals surface area contributed by atoms with Gasteiger partial charge in [0.25, 0.3) is 5.56 Å². The molecule has 4 rings (SSSR count). The minimum absolute atomic E-state index is 0.0206. The second-order valence-electron chi connectivity index (χ2n) is 7.13. The smallest absolute Gasteiger partial charge is 0.274 e. The van der Waals surface area contributed by atoms with Crippen LogP contribution in [0.3, 0.4) is 0 Å². The van der Waals surface area contributed by atoms with Crippen molar-refractivity contribution in [2.45, 2.75) is 25.3 Å². The van der Waals surface area contributed by atoms with Gasteiger partial charge in [-0.25, -0.2) is 4.68 Å². The SMILES string of the molecule is [CH2]Cc1cccc(-c2nn(C3CCN(C)CC3)c(=O)c3ccccc23)c1. The molecule has 0 N–H and O–H groups in total. The van der Waals surface area contributed by atoms with Crippen LogP contribution in [0.2, 0.25) is 0 Å². The lowest BCUT2D eigenvalue weighted by Gasteiger charge is -2.29. The Labute approximate surface area is 154 Å². The summed E-state index contributed by atoms with van der Waals surface area (Å²) < 4.78 is 1.74.